The van der Waals surface area contributed by atoms with Crippen LogP contribution in [0.1, 0.15) is 115 Å². The number of aryl methyl sites for hydroxylation is 1. The van der Waals surface area contributed by atoms with Crippen molar-refractivity contribution in [2.24, 2.45) is 0 Å². The maximum absolute atomic E-state index is 14.3. The normalized spacial score (nSPS) is 14.1. The van der Waals surface area contributed by atoms with Crippen LogP contribution in [0, 0.1) is 0 Å². The van der Waals surface area contributed by atoms with Crippen LogP contribution in [-0.4, -0.2) is 60.7 Å². The number of hydrogen-bond donors (Lipinski definition) is 0. The standard InChI is InChI=1S/C36H45F17O3/c1-3-4-5-6-7-8-9-10-11-12-13-14-15-16-17-20-28(54)56-26-22-21-25(24-27(26)55-2)19-18-23-29(37,38)30(39,40)31(41,42)32(43,44)33(45,46)34(47,48)35(49,50)36(51,52)53/h10-11,21-22,24H,3-9,12-20,23H2,1-2H3. The fraction of sp³-hybridized carbons (Fsp3) is 0.750. The molecule has 3 nitrogen and oxygen atoms in total. The van der Waals surface area contributed by atoms with Crippen molar-refractivity contribution < 1.29 is 88.9 Å². The van der Waals surface area contributed by atoms with E-state index in [2.05, 4.69) is 19.1 Å². The number of ether oxygens (including phenoxy) is 2. The van der Waals surface area contributed by atoms with Crippen LogP contribution in [0.25, 0.3) is 0 Å². The second-order valence-corrected chi connectivity index (χ2v) is 13.3. The molecule has 0 radical (unpaired) electrons. The summed E-state index contributed by atoms with van der Waals surface area (Å²) in [5.41, 5.74) is -0.101. The Bertz CT molecular complexity index is 1370. The molecule has 0 aliphatic carbocycles. The van der Waals surface area contributed by atoms with Gasteiger partial charge < -0.3 is 9.47 Å². The van der Waals surface area contributed by atoms with Gasteiger partial charge in [-0.1, -0.05) is 76.5 Å². The van der Waals surface area contributed by atoms with Crippen LogP contribution in [0.3, 0.4) is 0 Å². The lowest BCUT2D eigenvalue weighted by molar-refractivity contribution is -0.461. The third-order valence-corrected chi connectivity index (χ3v) is 8.84. The summed E-state index contributed by atoms with van der Waals surface area (Å²) in [7, 11) is 1.07. The van der Waals surface area contributed by atoms with Gasteiger partial charge in [-0.25, -0.2) is 0 Å². The average molecular weight is 849 g/mol. The Morgan fingerprint density at radius 1 is 0.554 bits per heavy atom. The minimum atomic E-state index is -8.66. The van der Waals surface area contributed by atoms with E-state index in [0.29, 0.717) is 6.42 Å². The first-order valence-corrected chi connectivity index (χ1v) is 17.8. The second-order valence-electron chi connectivity index (χ2n) is 13.3. The monoisotopic (exact) mass is 848 g/mol. The largest absolute Gasteiger partial charge is 0.493 e. The van der Waals surface area contributed by atoms with Crippen molar-refractivity contribution in [1.29, 1.82) is 0 Å². The summed E-state index contributed by atoms with van der Waals surface area (Å²) in [6.45, 7) is 2.17. The zero-order valence-electron chi connectivity index (χ0n) is 30.6. The smallest absolute Gasteiger partial charge is 0.460 e. The quantitative estimate of drug-likeness (QED) is 0.0291. The van der Waals surface area contributed by atoms with E-state index in [9.17, 15) is 79.4 Å². The molecular weight excluding hydrogens is 803 g/mol. The van der Waals surface area contributed by atoms with E-state index in [1.807, 2.05) is 0 Å². The van der Waals surface area contributed by atoms with Crippen LogP contribution in [0.2, 0.25) is 0 Å². The highest BCUT2D eigenvalue weighted by atomic mass is 19.4. The molecule has 0 aliphatic rings. The van der Waals surface area contributed by atoms with E-state index in [1.54, 1.807) is 0 Å². The number of methoxy groups -OCH3 is 1. The van der Waals surface area contributed by atoms with E-state index in [-0.39, 0.29) is 23.5 Å². The number of benzene rings is 1. The number of halogens is 17. The highest BCUT2D eigenvalue weighted by molar-refractivity contribution is 5.73. The van der Waals surface area contributed by atoms with Gasteiger partial charge in [0.2, 0.25) is 0 Å². The van der Waals surface area contributed by atoms with Crippen LogP contribution in [-0.2, 0) is 11.2 Å². The third kappa shape index (κ3) is 12.0. The summed E-state index contributed by atoms with van der Waals surface area (Å²) >= 11 is 0. The summed E-state index contributed by atoms with van der Waals surface area (Å²) in [5.74, 6) is -57.6. The molecule has 56 heavy (non-hydrogen) atoms. The van der Waals surface area contributed by atoms with Gasteiger partial charge in [-0.3, -0.25) is 4.79 Å². The molecule has 0 aromatic heterocycles. The third-order valence-electron chi connectivity index (χ3n) is 8.84. The number of carbonyl (C=O) groups excluding carboxylic acids is 1. The summed E-state index contributed by atoms with van der Waals surface area (Å²) in [5, 5.41) is 0. The summed E-state index contributed by atoms with van der Waals surface area (Å²) in [6.07, 6.45) is 5.31. The lowest BCUT2D eigenvalue weighted by Gasteiger charge is -2.42. The van der Waals surface area contributed by atoms with Gasteiger partial charge >= 0.3 is 53.6 Å². The van der Waals surface area contributed by atoms with Crippen molar-refractivity contribution in [2.75, 3.05) is 7.11 Å². The predicted molar refractivity (Wildman–Crippen MR) is 172 cm³/mol. The summed E-state index contributed by atoms with van der Waals surface area (Å²) in [4.78, 5) is 12.3. The topological polar surface area (TPSA) is 35.5 Å². The average Bonchev–Trinajstić information content (AvgIpc) is 3.09. The molecule has 0 amide bonds. The molecule has 1 aromatic rings. The van der Waals surface area contributed by atoms with Crippen LogP contribution in [0.15, 0.2) is 30.4 Å². The van der Waals surface area contributed by atoms with Gasteiger partial charge in [0, 0.05) is 12.8 Å². The fourth-order valence-corrected chi connectivity index (χ4v) is 5.33. The van der Waals surface area contributed by atoms with Crippen molar-refractivity contribution in [3.8, 4) is 11.5 Å². The zero-order valence-corrected chi connectivity index (χ0v) is 30.6. The number of rotatable bonds is 27. The maximum atomic E-state index is 14.3. The Balaban J connectivity index is 2.74. The Morgan fingerprint density at radius 2 is 1.00 bits per heavy atom. The SMILES string of the molecule is CCCCCCCCC=CCCCCCCCC(=O)Oc1ccc(CCCC(F)(F)C(F)(F)C(F)(F)C(F)(F)C(F)(F)C(F)(F)C(F)(F)C(F)(F)F)cc1OC. The van der Waals surface area contributed by atoms with Crippen molar-refractivity contribution in [3.63, 3.8) is 0 Å². The van der Waals surface area contributed by atoms with Gasteiger partial charge in [0.1, 0.15) is 0 Å². The molecule has 0 saturated heterocycles. The van der Waals surface area contributed by atoms with Gasteiger partial charge in [-0.2, -0.15) is 74.6 Å². The van der Waals surface area contributed by atoms with Gasteiger partial charge in [0.15, 0.2) is 11.5 Å². The van der Waals surface area contributed by atoms with E-state index in [1.165, 1.54) is 38.5 Å². The van der Waals surface area contributed by atoms with E-state index in [4.69, 9.17) is 9.47 Å². The molecule has 0 atom stereocenters. The zero-order chi connectivity index (χ0) is 43.3. The summed E-state index contributed by atoms with van der Waals surface area (Å²) < 4.78 is 240. The molecule has 0 heterocycles. The van der Waals surface area contributed by atoms with Crippen LogP contribution in [0.4, 0.5) is 74.6 Å². The van der Waals surface area contributed by atoms with Crippen LogP contribution in [0.5, 0.6) is 11.5 Å². The molecule has 0 saturated carbocycles. The number of unbranched alkanes of at least 4 members (excludes halogenated alkanes) is 11. The van der Waals surface area contributed by atoms with Gasteiger partial charge in [-0.05, 0) is 62.6 Å². The second kappa shape index (κ2) is 20.6. The molecule has 0 spiro atoms. The first-order valence-electron chi connectivity index (χ1n) is 17.8. The Labute approximate surface area is 313 Å². The minimum absolute atomic E-state index is 0.00433. The number of carbonyl (C=O) groups is 1. The first-order chi connectivity index (χ1) is 25.6. The van der Waals surface area contributed by atoms with Crippen LogP contribution >= 0.6 is 0 Å². The molecule has 326 valence electrons. The Kier molecular flexibility index (Phi) is 18.8. The molecule has 0 N–H and O–H groups in total. The molecule has 0 aliphatic heterocycles. The number of hydrogen-bond acceptors (Lipinski definition) is 3. The molecular formula is C36H45F17O3. The van der Waals surface area contributed by atoms with Crippen molar-refractivity contribution >= 4 is 5.97 Å². The first kappa shape index (κ1) is 51.1. The molecule has 0 fully saturated rings. The number of esters is 1. The van der Waals surface area contributed by atoms with Crippen molar-refractivity contribution in [1.82, 2.24) is 0 Å². The highest BCUT2D eigenvalue weighted by Crippen LogP contribution is 2.64. The predicted octanol–water partition coefficient (Wildman–Crippen LogP) is 14.0. The van der Waals surface area contributed by atoms with Crippen LogP contribution < -0.4 is 9.47 Å². The van der Waals surface area contributed by atoms with E-state index < -0.39 is 72.9 Å². The van der Waals surface area contributed by atoms with Gasteiger partial charge in [0.25, 0.3) is 0 Å². The minimum Gasteiger partial charge on any atom is -0.493 e. The Morgan fingerprint density at radius 3 is 1.48 bits per heavy atom. The lowest BCUT2D eigenvalue weighted by Crippen LogP contribution is -2.74. The summed E-state index contributed by atoms with van der Waals surface area (Å²) in [6, 6.07) is 3.16. The number of allylic oxidation sites excluding steroid dienone is 2. The molecule has 1 aromatic carbocycles. The molecule has 1 rings (SSSR count). The van der Waals surface area contributed by atoms with Gasteiger partial charge in [0.05, 0.1) is 7.11 Å². The number of alkyl halides is 17. The lowest BCUT2D eigenvalue weighted by atomic mass is 9.87. The van der Waals surface area contributed by atoms with E-state index in [0.717, 1.165) is 63.8 Å². The highest BCUT2D eigenvalue weighted by Gasteiger charge is 2.95. The maximum Gasteiger partial charge on any atom is 0.460 e. The van der Waals surface area contributed by atoms with E-state index >= 15 is 0 Å². The fourth-order valence-electron chi connectivity index (χ4n) is 5.33. The molecule has 20 heteroatoms. The Hall–Kier alpha value is -2.96. The van der Waals surface area contributed by atoms with Crippen molar-refractivity contribution in [2.45, 2.75) is 164 Å². The van der Waals surface area contributed by atoms with Crippen molar-refractivity contribution in [3.05, 3.63) is 35.9 Å². The molecule has 0 unspecified atom stereocenters. The van der Waals surface area contributed by atoms with Gasteiger partial charge in [-0.15, -0.1) is 0 Å². The molecule has 0 bridgehead atoms.